The van der Waals surface area contributed by atoms with Crippen molar-refractivity contribution >= 4 is 23.1 Å². The van der Waals surface area contributed by atoms with Crippen LogP contribution in [0, 0.1) is 0 Å². The zero-order valence-corrected chi connectivity index (χ0v) is 22.4. The van der Waals surface area contributed by atoms with E-state index in [1.54, 1.807) is 14.2 Å². The number of hydrogen-bond acceptors (Lipinski definition) is 6. The summed E-state index contributed by atoms with van der Waals surface area (Å²) in [6.45, 7) is 2.48. The summed E-state index contributed by atoms with van der Waals surface area (Å²) in [5.74, 6) is 2.08. The Morgan fingerprint density at radius 1 is 1.00 bits per heavy atom. The lowest BCUT2D eigenvalue weighted by Gasteiger charge is -2.31. The van der Waals surface area contributed by atoms with Crippen LogP contribution in [0.15, 0.2) is 82.1 Å². The predicted molar refractivity (Wildman–Crippen MR) is 150 cm³/mol. The van der Waals surface area contributed by atoms with Crippen LogP contribution in [0.1, 0.15) is 41.6 Å². The number of thiazole rings is 1. The van der Waals surface area contributed by atoms with E-state index in [-0.39, 0.29) is 11.6 Å². The van der Waals surface area contributed by atoms with Gasteiger partial charge in [-0.2, -0.15) is 0 Å². The van der Waals surface area contributed by atoms with Gasteiger partial charge in [0.15, 0.2) is 16.3 Å². The van der Waals surface area contributed by atoms with Crippen LogP contribution in [0.4, 0.5) is 0 Å². The molecule has 0 radical (unpaired) electrons. The first kappa shape index (κ1) is 24.2. The van der Waals surface area contributed by atoms with Crippen LogP contribution < -0.4 is 29.1 Å². The van der Waals surface area contributed by atoms with Gasteiger partial charge in [0.25, 0.3) is 5.56 Å². The second kappa shape index (κ2) is 9.99. The fourth-order valence-electron chi connectivity index (χ4n) is 5.33. The molecule has 4 aromatic rings. The number of nitrogens with zero attached hydrogens (tertiary/aromatic N) is 2. The second-order valence-electron chi connectivity index (χ2n) is 9.23. The molecule has 7 heteroatoms. The van der Waals surface area contributed by atoms with Gasteiger partial charge in [0.1, 0.15) is 5.75 Å². The van der Waals surface area contributed by atoms with Gasteiger partial charge in [-0.3, -0.25) is 9.36 Å². The zero-order chi connectivity index (χ0) is 26.2. The number of allylic oxidation sites excluding steroid dienone is 1. The van der Waals surface area contributed by atoms with E-state index in [1.165, 1.54) is 22.5 Å². The molecule has 2 heterocycles. The Labute approximate surface area is 224 Å². The molecule has 6 rings (SSSR count). The first-order valence-corrected chi connectivity index (χ1v) is 13.5. The standard InChI is InChI=1S/C31H28N2O4S/c1-4-37-25-15-12-19(16-26(25)36-3)17-27-30(34)33-29(21-9-7-10-22(18-21)35-2)24-14-13-20-8-5-6-11-23(20)28(24)32-31(33)38-27/h5-12,15-18,29H,4,13-14H2,1-3H3/b27-17-. The summed E-state index contributed by atoms with van der Waals surface area (Å²) in [5.41, 5.74) is 6.41. The summed E-state index contributed by atoms with van der Waals surface area (Å²) >= 11 is 1.41. The van der Waals surface area contributed by atoms with Crippen LogP contribution in [0.2, 0.25) is 0 Å². The molecule has 6 nitrogen and oxygen atoms in total. The number of hydrogen-bond donors (Lipinski definition) is 0. The Morgan fingerprint density at radius 3 is 2.68 bits per heavy atom. The van der Waals surface area contributed by atoms with E-state index >= 15 is 0 Å². The van der Waals surface area contributed by atoms with Gasteiger partial charge < -0.3 is 14.2 Å². The van der Waals surface area contributed by atoms with Gasteiger partial charge in [0, 0.05) is 5.56 Å². The van der Waals surface area contributed by atoms with Crippen LogP contribution >= 0.6 is 11.3 Å². The second-order valence-corrected chi connectivity index (χ2v) is 10.2. The SMILES string of the molecule is CCOc1ccc(/C=c2\sc3n(c2=O)C(c2cccc(OC)c2)C2=C(N=3)c3ccccc3CC2)cc1OC. The maximum atomic E-state index is 14.0. The lowest BCUT2D eigenvalue weighted by atomic mass is 9.83. The highest BCUT2D eigenvalue weighted by Gasteiger charge is 2.32. The highest BCUT2D eigenvalue weighted by molar-refractivity contribution is 7.07. The zero-order valence-electron chi connectivity index (χ0n) is 21.6. The number of aromatic nitrogens is 1. The largest absolute Gasteiger partial charge is 0.497 e. The molecule has 38 heavy (non-hydrogen) atoms. The van der Waals surface area contributed by atoms with Crippen molar-refractivity contribution in [2.45, 2.75) is 25.8 Å². The van der Waals surface area contributed by atoms with Gasteiger partial charge in [-0.05, 0) is 72.4 Å². The molecule has 1 aromatic heterocycles. The molecule has 1 unspecified atom stereocenters. The molecule has 0 saturated carbocycles. The van der Waals surface area contributed by atoms with Crippen molar-refractivity contribution in [2.75, 3.05) is 20.8 Å². The first-order chi connectivity index (χ1) is 18.6. The van der Waals surface area contributed by atoms with Gasteiger partial charge in [-0.15, -0.1) is 0 Å². The molecule has 0 saturated heterocycles. The Kier molecular flexibility index (Phi) is 6.37. The Hall–Kier alpha value is -4.10. The number of fused-ring (bicyclic) bond motifs is 3. The maximum absolute atomic E-state index is 14.0. The van der Waals surface area contributed by atoms with Gasteiger partial charge >= 0.3 is 0 Å². The molecular weight excluding hydrogens is 496 g/mol. The average molecular weight is 525 g/mol. The lowest BCUT2D eigenvalue weighted by molar-refractivity contribution is 0.311. The monoisotopic (exact) mass is 524 g/mol. The molecule has 192 valence electrons. The molecule has 0 spiro atoms. The molecule has 0 fully saturated rings. The number of aryl methyl sites for hydroxylation is 1. The fourth-order valence-corrected chi connectivity index (χ4v) is 6.34. The number of benzene rings is 3. The van der Waals surface area contributed by atoms with Gasteiger partial charge in [-0.25, -0.2) is 4.99 Å². The quantitative estimate of drug-likeness (QED) is 0.366. The number of methoxy groups -OCH3 is 2. The van der Waals surface area contributed by atoms with Crippen LogP contribution in [-0.4, -0.2) is 25.4 Å². The molecule has 2 aliphatic rings. The van der Waals surface area contributed by atoms with Crippen molar-refractivity contribution < 1.29 is 14.2 Å². The van der Waals surface area contributed by atoms with Crippen molar-refractivity contribution in [3.8, 4) is 17.2 Å². The molecule has 1 atom stereocenters. The molecule has 0 bridgehead atoms. The van der Waals surface area contributed by atoms with E-state index in [0.717, 1.165) is 41.0 Å². The van der Waals surface area contributed by atoms with E-state index in [2.05, 4.69) is 30.3 Å². The third-order valence-electron chi connectivity index (χ3n) is 7.07. The third-order valence-corrected chi connectivity index (χ3v) is 8.05. The van der Waals surface area contributed by atoms with Crippen molar-refractivity contribution in [1.82, 2.24) is 4.57 Å². The van der Waals surface area contributed by atoms with E-state index in [0.29, 0.717) is 27.4 Å². The van der Waals surface area contributed by atoms with E-state index in [4.69, 9.17) is 19.2 Å². The van der Waals surface area contributed by atoms with Gasteiger partial charge in [-0.1, -0.05) is 53.8 Å². The lowest BCUT2D eigenvalue weighted by Crippen LogP contribution is -2.38. The summed E-state index contributed by atoms with van der Waals surface area (Å²) in [6.07, 6.45) is 3.67. The normalized spacial score (nSPS) is 16.3. The summed E-state index contributed by atoms with van der Waals surface area (Å²) in [5, 5.41) is 0. The van der Waals surface area contributed by atoms with Crippen molar-refractivity contribution in [3.05, 3.63) is 114 Å². The van der Waals surface area contributed by atoms with Crippen molar-refractivity contribution in [1.29, 1.82) is 0 Å². The molecule has 3 aromatic carbocycles. The predicted octanol–water partition coefficient (Wildman–Crippen LogP) is 4.73. The van der Waals surface area contributed by atoms with Crippen LogP contribution in [0.25, 0.3) is 11.8 Å². The number of rotatable bonds is 6. The molecular formula is C31H28N2O4S. The summed E-state index contributed by atoms with van der Waals surface area (Å²) < 4.78 is 19.2. The Bertz CT molecular complexity index is 1750. The number of ether oxygens (including phenoxy) is 3. The molecule has 0 amide bonds. The average Bonchev–Trinajstić information content (AvgIpc) is 3.26. The fraction of sp³-hybridized carbons (Fsp3) is 0.226. The minimum Gasteiger partial charge on any atom is -0.497 e. The first-order valence-electron chi connectivity index (χ1n) is 12.7. The van der Waals surface area contributed by atoms with E-state index < -0.39 is 0 Å². The van der Waals surface area contributed by atoms with E-state index in [9.17, 15) is 4.79 Å². The maximum Gasteiger partial charge on any atom is 0.271 e. The Morgan fingerprint density at radius 2 is 1.87 bits per heavy atom. The Balaban J connectivity index is 1.56. The van der Waals surface area contributed by atoms with Crippen molar-refractivity contribution in [2.24, 2.45) is 4.99 Å². The minimum atomic E-state index is -0.248. The molecule has 0 N–H and O–H groups in total. The highest BCUT2D eigenvalue weighted by atomic mass is 32.1. The third kappa shape index (κ3) is 4.13. The van der Waals surface area contributed by atoms with Crippen LogP contribution in [-0.2, 0) is 6.42 Å². The topological polar surface area (TPSA) is 62.0 Å². The summed E-state index contributed by atoms with van der Waals surface area (Å²) in [6, 6.07) is 21.9. The van der Waals surface area contributed by atoms with Gasteiger partial charge in [0.05, 0.1) is 37.1 Å². The highest BCUT2D eigenvalue weighted by Crippen LogP contribution is 2.41. The van der Waals surface area contributed by atoms with E-state index in [1.807, 2.05) is 54.0 Å². The summed E-state index contributed by atoms with van der Waals surface area (Å²) in [7, 11) is 3.28. The van der Waals surface area contributed by atoms with Gasteiger partial charge in [0.2, 0.25) is 0 Å². The van der Waals surface area contributed by atoms with Crippen LogP contribution in [0.3, 0.4) is 0 Å². The summed E-state index contributed by atoms with van der Waals surface area (Å²) in [4.78, 5) is 19.8. The molecule has 1 aliphatic carbocycles. The van der Waals surface area contributed by atoms with Crippen LogP contribution in [0.5, 0.6) is 17.2 Å². The van der Waals surface area contributed by atoms with Crippen molar-refractivity contribution in [3.63, 3.8) is 0 Å². The molecule has 1 aliphatic heterocycles. The smallest absolute Gasteiger partial charge is 0.271 e. The minimum absolute atomic E-state index is 0.0557.